The van der Waals surface area contributed by atoms with Gasteiger partial charge in [0.05, 0.1) is 51.2 Å². The number of ether oxygens (including phenoxy) is 3. The van der Waals surface area contributed by atoms with Crippen LogP contribution in [-0.4, -0.2) is 187 Å². The Kier molecular flexibility index (Phi) is 63.4. The first kappa shape index (κ1) is 130. The van der Waals surface area contributed by atoms with Crippen LogP contribution in [0.4, 0.5) is 51.2 Å². The topological polar surface area (TPSA) is 271 Å². The summed E-state index contributed by atoms with van der Waals surface area (Å²) in [5.41, 5.74) is 20.1. The summed E-state index contributed by atoms with van der Waals surface area (Å²) in [6.07, 6.45) is 23.7. The number of aldehydes is 2. The normalized spacial score (nSPS) is 10.2. The number of aromatic nitrogens is 3. The molecule has 0 saturated heterocycles. The van der Waals surface area contributed by atoms with Gasteiger partial charge < -0.3 is 106 Å². The largest absolute Gasteiger partial charge is 1.00 e. The average Bonchev–Trinajstić information content (AvgIpc) is 0.850. The molecule has 0 atom stereocenters. The van der Waals surface area contributed by atoms with Crippen LogP contribution < -0.4 is 95.4 Å². The molecule has 3 N–H and O–H groups in total. The molecule has 12 rings (SSSR count). The van der Waals surface area contributed by atoms with E-state index in [1.165, 1.54) is 82.1 Å². The molecule has 3 aromatic heterocycles. The number of pyridine rings is 3. The summed E-state index contributed by atoms with van der Waals surface area (Å²) in [5.74, 6) is -1.68. The number of unbranched alkanes of at least 4 members (excludes halogenated alkanes) is 3. The lowest BCUT2D eigenvalue weighted by Gasteiger charge is -2.22. The molecule has 0 aliphatic heterocycles. The van der Waals surface area contributed by atoms with Gasteiger partial charge in [0.25, 0.3) is 0 Å². The van der Waals surface area contributed by atoms with Crippen LogP contribution >= 0.6 is 23.2 Å². The molecule has 150 heavy (non-hydrogen) atoms. The van der Waals surface area contributed by atoms with Gasteiger partial charge in [0.15, 0.2) is 24.3 Å². The molecule has 0 saturated carbocycles. The third-order valence-electron chi connectivity index (χ3n) is 24.2. The van der Waals surface area contributed by atoms with Crippen molar-refractivity contribution in [2.45, 2.75) is 125 Å². The number of aliphatic hydroxyl groups excluding tert-OH is 2. The van der Waals surface area contributed by atoms with Gasteiger partial charge in [-0.2, -0.15) is 9.13 Å². The van der Waals surface area contributed by atoms with Crippen molar-refractivity contribution >= 4 is 151 Å². The van der Waals surface area contributed by atoms with Crippen LogP contribution in [0, 0.1) is 6.92 Å². The van der Waals surface area contributed by atoms with Crippen LogP contribution in [0.15, 0.2) is 292 Å². The number of aryl methyl sites for hydroxylation is 4. The summed E-state index contributed by atoms with van der Waals surface area (Å²) < 4.78 is 20.5. The van der Waals surface area contributed by atoms with Gasteiger partial charge in [0, 0.05) is 246 Å². The molecule has 2 amide bonds. The van der Waals surface area contributed by atoms with Crippen molar-refractivity contribution in [2.75, 3.05) is 169 Å². The van der Waals surface area contributed by atoms with E-state index < -0.39 is 22.4 Å². The van der Waals surface area contributed by atoms with Crippen LogP contribution in [0.5, 0.6) is 0 Å². The number of carbonyl (C=O) groups is 9. The highest BCUT2D eigenvalue weighted by atomic mass is 35.5. The zero-order chi connectivity index (χ0) is 107. The van der Waals surface area contributed by atoms with Gasteiger partial charge in [0.1, 0.15) is 32.2 Å². The minimum atomic E-state index is -0.529. The van der Waals surface area contributed by atoms with Crippen molar-refractivity contribution in [3.63, 3.8) is 0 Å². The Morgan fingerprint density at radius 1 is 0.320 bits per heavy atom. The van der Waals surface area contributed by atoms with Crippen molar-refractivity contribution in [1.29, 1.82) is 0 Å². The zero-order valence-corrected chi connectivity index (χ0v) is 92.9. The third-order valence-corrected chi connectivity index (χ3v) is 24.6. The first-order valence-electron chi connectivity index (χ1n) is 49.3. The number of carbonyl (C=O) groups excluding carboxylic acids is 9. The molecule has 12 aromatic rings. The summed E-state index contributed by atoms with van der Waals surface area (Å²) in [7, 11) is 21.7. The monoisotopic (exact) mass is 2140 g/mol. The van der Waals surface area contributed by atoms with Gasteiger partial charge in [-0.1, -0.05) is 54.6 Å². The highest BCUT2D eigenvalue weighted by Gasteiger charge is 2.20. The molecule has 3 heterocycles. The Hall–Kier alpha value is -14.1. The zero-order valence-electron chi connectivity index (χ0n) is 89.1. The molecule has 0 bridgehead atoms. The number of amides is 2. The Balaban J connectivity index is 0.000000474. The van der Waals surface area contributed by atoms with Crippen LogP contribution in [-0.2, 0) is 66.2 Å². The number of hydrogen-bond acceptors (Lipinski definition) is 21. The predicted octanol–water partition coefficient (Wildman–Crippen LogP) is 11.5. The van der Waals surface area contributed by atoms with Gasteiger partial charge in [-0.05, 0) is 299 Å². The fraction of sp³-hybridized carbons (Fsp3) is 0.311. The second-order valence-electron chi connectivity index (χ2n) is 34.5. The number of nitrogens with one attached hydrogen (secondary N) is 1. The van der Waals surface area contributed by atoms with Gasteiger partial charge in [-0.15, -0.1) is 0 Å². The van der Waals surface area contributed by atoms with Gasteiger partial charge in [0.2, 0.25) is 33.7 Å². The molecule has 0 spiro atoms. The molecular formula is C119H147Cl5N12O14. The second-order valence-corrected chi connectivity index (χ2v) is 35.4. The lowest BCUT2D eigenvalue weighted by atomic mass is 10.1. The first-order chi connectivity index (χ1) is 70.9. The van der Waals surface area contributed by atoms with Crippen LogP contribution in [0.1, 0.15) is 176 Å². The summed E-state index contributed by atoms with van der Waals surface area (Å²) in [5, 5.41) is 20.1. The van der Waals surface area contributed by atoms with Crippen molar-refractivity contribution in [1.82, 2.24) is 0 Å². The number of aliphatic hydroxyl groups is 2. The Bertz CT molecular complexity index is 5730. The van der Waals surface area contributed by atoms with E-state index >= 15 is 0 Å². The summed E-state index contributed by atoms with van der Waals surface area (Å²) >= 11 is 9.74. The lowest BCUT2D eigenvalue weighted by molar-refractivity contribution is -0.699. The fourth-order valence-corrected chi connectivity index (χ4v) is 15.0. The molecule has 26 nitrogen and oxygen atoms in total. The smallest absolute Gasteiger partial charge is 0.337 e. The van der Waals surface area contributed by atoms with Crippen molar-refractivity contribution in [2.24, 2.45) is 0 Å². The quantitative estimate of drug-likeness (QED) is 0.00799. The Labute approximate surface area is 915 Å². The molecule has 31 heteroatoms. The number of esters is 3. The summed E-state index contributed by atoms with van der Waals surface area (Å²) in [4.78, 5) is 116. The highest BCUT2D eigenvalue weighted by Crippen LogP contribution is 2.25. The number of methoxy groups -OCH3 is 3. The Morgan fingerprint density at radius 3 is 0.800 bits per heavy atom. The maximum absolute atomic E-state index is 12.4. The van der Waals surface area contributed by atoms with Crippen LogP contribution in [0.2, 0.25) is 0 Å². The number of halogens is 5. The number of benzene rings is 9. The molecule has 9 aromatic carbocycles. The third kappa shape index (κ3) is 47.2. The van der Waals surface area contributed by atoms with Crippen molar-refractivity contribution < 1.29 is 118 Å². The van der Waals surface area contributed by atoms with E-state index in [4.69, 9.17) is 33.4 Å². The van der Waals surface area contributed by atoms with E-state index in [9.17, 15) is 43.2 Å². The van der Waals surface area contributed by atoms with Crippen LogP contribution in [0.3, 0.4) is 0 Å². The predicted molar refractivity (Wildman–Crippen MR) is 598 cm³/mol. The number of anilines is 9. The second kappa shape index (κ2) is 73.1. The first-order valence-corrected chi connectivity index (χ1v) is 50.0. The van der Waals surface area contributed by atoms with E-state index in [-0.39, 0.29) is 93.9 Å². The number of hydrogen-bond donors (Lipinski definition) is 3. The van der Waals surface area contributed by atoms with Crippen molar-refractivity contribution in [3.8, 4) is 0 Å². The molecule has 0 fully saturated rings. The van der Waals surface area contributed by atoms with Crippen LogP contribution in [0.25, 0.3) is 24.3 Å². The molecular weight excluding hydrogens is 2000 g/mol. The minimum Gasteiger partial charge on any atom is -1.00 e. The highest BCUT2D eigenvalue weighted by molar-refractivity contribution is 6.66. The maximum atomic E-state index is 12.4. The van der Waals surface area contributed by atoms with E-state index in [1.807, 2.05) is 92.0 Å². The van der Waals surface area contributed by atoms with E-state index in [2.05, 4.69) is 303 Å². The number of rotatable bonds is 44. The van der Waals surface area contributed by atoms with Crippen molar-refractivity contribution in [3.05, 3.63) is 359 Å². The molecule has 0 aliphatic carbocycles. The van der Waals surface area contributed by atoms with E-state index in [0.717, 1.165) is 138 Å². The molecule has 0 aliphatic rings. The summed E-state index contributed by atoms with van der Waals surface area (Å²) in [6.45, 7) is 17.8. The molecule has 0 unspecified atom stereocenters. The lowest BCUT2D eigenvalue weighted by Crippen LogP contribution is -3.00. The summed E-state index contributed by atoms with van der Waals surface area (Å²) in [6, 6.07) is 87.9. The molecule has 802 valence electrons. The van der Waals surface area contributed by atoms with Gasteiger partial charge >= 0.3 is 17.9 Å². The van der Waals surface area contributed by atoms with Gasteiger partial charge in [-0.3, -0.25) is 28.8 Å². The van der Waals surface area contributed by atoms with Gasteiger partial charge in [-0.25, -0.2) is 19.0 Å². The number of nitrogens with zero attached hydrogens (tertiary/aromatic N) is 11. The SMILES string of the molecule is CC[n+]1ccccc1/C=C/c1ccc(N(C)CCCCN(C)c2ccc(/C=C/c3cccc[n+]3CC)cc2)cc1.CC[n+]1ccccc1C.CN(CCCCN(C)c1ccc(C=O)cc1)c1ccc(C=O)cc1.CN(CCCCN(C)c1ccc(CO)cc1)c1ccc(CO)cc1.CNc1ccc(C(=O)OC)cc1.COC(=O)c1ccc(N(C)C(=O)CCC(=O)N(C)c2ccc(C(=O)OC)cc2)cc1.O=C(Cl)CCC(=O)Cl.[Cl-].[Cl-].[Cl-]. The maximum Gasteiger partial charge on any atom is 0.337 e. The minimum absolute atomic E-state index is 0. The average molecular weight is 2150 g/mol. The van der Waals surface area contributed by atoms with E-state index in [1.54, 1.807) is 74.8 Å². The Morgan fingerprint density at radius 2 is 0.567 bits per heavy atom. The standard InChI is InChI=1S/C36H44N4.C22H24N2O6.C20H28N2O2.C20H24N2O2.C9H11NO2.C8H12N.C4H4Cl2O2.3ClH/c1-5-39-29-9-7-13-35(39)25-19-31-15-21-33(22-16-31)37(3)27-11-12-28-38(4)34-23-17-32(18-24-34)20-26-36-14-8-10-30-40(36)6-2;1-23(17-9-5-15(6-10-17)21(27)29-3)19(25)13-14-20(26)24(2)18-11-7-16(8-12-18)22(28)30-4;2*1-21(19-9-5-17(15-23)6-10-19)13-3-4-14-22(2)20-11-7-18(16-24)8-12-20;1-10-8-5-3-7(4-6-8)9(11)12-2;1-3-9-7-5-4-6-8(9)2;5-3(7)1-2-4(6)8;;;/h7-10,13-26,29-30H,5-6,11-12,27-28H2,1-4H3;5-12H,13-14H2,1-4H3;5-12,23-24H,3-4,13-16H2,1-2H3;5-12,15-16H,3-4,13-14H2,1-2H3;3-6,10H,1-2H3;4-7H,3H2,1-2H3;1-2H2;3*1H/q+2;;;;;+1;;;;/p-3. The molecule has 0 radical (unpaired) electrons. The van der Waals surface area contributed by atoms with E-state index in [0.29, 0.717) is 39.2 Å². The fourth-order valence-electron chi connectivity index (χ4n) is 14.8.